The van der Waals surface area contributed by atoms with Crippen LogP contribution < -0.4 is 14.4 Å². The van der Waals surface area contributed by atoms with Crippen molar-refractivity contribution in [3.8, 4) is 22.9 Å². The van der Waals surface area contributed by atoms with Gasteiger partial charge in [0, 0.05) is 61.6 Å². The molecule has 0 aliphatic carbocycles. The van der Waals surface area contributed by atoms with Crippen LogP contribution >= 0.6 is 0 Å². The monoisotopic (exact) mass is 618 g/mol. The van der Waals surface area contributed by atoms with Crippen LogP contribution in [-0.2, 0) is 18.0 Å². The Hall–Kier alpha value is -4.56. The van der Waals surface area contributed by atoms with Gasteiger partial charge in [-0.25, -0.2) is 4.79 Å². The smallest absolute Gasteiger partial charge is 0.410 e. The molecule has 8 nitrogen and oxygen atoms in total. The number of nitrogens with zero attached hydrogens (tertiary/aromatic N) is 4. The van der Waals surface area contributed by atoms with Gasteiger partial charge in [0.2, 0.25) is 11.8 Å². The van der Waals surface area contributed by atoms with E-state index < -0.39 is 5.60 Å². The van der Waals surface area contributed by atoms with E-state index in [4.69, 9.17) is 19.2 Å². The number of hydrogen-bond acceptors (Lipinski definition) is 7. The number of anilines is 1. The minimum Gasteiger partial charge on any atom is -0.473 e. The van der Waals surface area contributed by atoms with Gasteiger partial charge in [-0.1, -0.05) is 72.8 Å². The lowest BCUT2D eigenvalue weighted by Crippen LogP contribution is -2.63. The molecule has 0 unspecified atom stereocenters. The molecule has 1 amide bonds. The van der Waals surface area contributed by atoms with E-state index >= 15 is 0 Å². The summed E-state index contributed by atoms with van der Waals surface area (Å²) in [7, 11) is 0. The predicted octanol–water partition coefficient (Wildman–Crippen LogP) is 6.79. The molecule has 3 aromatic carbocycles. The molecule has 3 saturated heterocycles. The number of hydrogen-bond donors (Lipinski definition) is 0. The fourth-order valence-corrected chi connectivity index (χ4v) is 6.71. The number of rotatable bonds is 9. The normalized spacial score (nSPS) is 19.6. The van der Waals surface area contributed by atoms with Gasteiger partial charge >= 0.3 is 6.09 Å². The summed E-state index contributed by atoms with van der Waals surface area (Å²) in [6, 6.07) is 34.0. The summed E-state index contributed by atoms with van der Waals surface area (Å²) in [4.78, 5) is 24.4. The van der Waals surface area contributed by atoms with E-state index in [1.165, 1.54) is 5.69 Å². The number of carbonyl (C=O) groups excluding carboxylic acids is 1. The van der Waals surface area contributed by atoms with Gasteiger partial charge in [0.25, 0.3) is 0 Å². The first-order valence-electron chi connectivity index (χ1n) is 16.2. The van der Waals surface area contributed by atoms with Crippen LogP contribution in [0.3, 0.4) is 0 Å². The average Bonchev–Trinajstić information content (AvgIpc) is 3.65. The standard InChI is InChI=1S/C38H42N4O4/c1-38(2,3)46-37(43)42-24-31-20-32(42)23-41(31)33-21-40(22-33)30-16-14-29(15-17-30)34-18-19-35(44-25-27-10-6-4-7-11-27)39-36(34)45-26-28-12-8-5-9-13-28/h4-19,31-33H,20-26H2,1-3H3/t31-,32-/m1/s1. The molecule has 8 heteroatoms. The lowest BCUT2D eigenvalue weighted by Gasteiger charge is -2.49. The van der Waals surface area contributed by atoms with Crippen molar-refractivity contribution in [2.45, 2.75) is 64.1 Å². The van der Waals surface area contributed by atoms with Crippen LogP contribution in [0.5, 0.6) is 11.8 Å². The first-order valence-corrected chi connectivity index (χ1v) is 16.2. The molecular formula is C38H42N4O4. The van der Waals surface area contributed by atoms with Crippen LogP contribution in [0, 0.1) is 0 Å². The van der Waals surface area contributed by atoms with E-state index in [-0.39, 0.29) is 12.1 Å². The zero-order valence-electron chi connectivity index (χ0n) is 26.8. The van der Waals surface area contributed by atoms with Gasteiger partial charge in [0.1, 0.15) is 18.8 Å². The summed E-state index contributed by atoms with van der Waals surface area (Å²) < 4.78 is 18.0. The quantitative estimate of drug-likeness (QED) is 0.205. The van der Waals surface area contributed by atoms with E-state index in [9.17, 15) is 4.79 Å². The highest BCUT2D eigenvalue weighted by molar-refractivity contribution is 5.71. The minimum absolute atomic E-state index is 0.173. The second-order valence-corrected chi connectivity index (χ2v) is 13.5. The van der Waals surface area contributed by atoms with E-state index in [0.717, 1.165) is 54.9 Å². The van der Waals surface area contributed by atoms with Crippen LogP contribution in [0.2, 0.25) is 0 Å². The number of benzene rings is 3. The highest BCUT2D eigenvalue weighted by Gasteiger charge is 2.50. The Morgan fingerprint density at radius 2 is 1.39 bits per heavy atom. The predicted molar refractivity (Wildman–Crippen MR) is 179 cm³/mol. The third kappa shape index (κ3) is 6.67. The maximum absolute atomic E-state index is 12.7. The summed E-state index contributed by atoms with van der Waals surface area (Å²) in [5.41, 5.74) is 4.89. The largest absolute Gasteiger partial charge is 0.473 e. The Labute approximate surface area is 271 Å². The first kappa shape index (κ1) is 30.1. The van der Waals surface area contributed by atoms with Gasteiger partial charge in [-0.05, 0) is 62.1 Å². The summed E-state index contributed by atoms with van der Waals surface area (Å²) in [5, 5.41) is 0. The van der Waals surface area contributed by atoms with Gasteiger partial charge in [-0.15, -0.1) is 0 Å². The average molecular weight is 619 g/mol. The minimum atomic E-state index is -0.462. The molecule has 2 bridgehead atoms. The summed E-state index contributed by atoms with van der Waals surface area (Å²) in [5.74, 6) is 1.08. The number of ether oxygens (including phenoxy) is 3. The Bertz CT molecular complexity index is 1640. The highest BCUT2D eigenvalue weighted by atomic mass is 16.6. The topological polar surface area (TPSA) is 67.4 Å². The second-order valence-electron chi connectivity index (χ2n) is 13.5. The molecule has 3 aliphatic rings. The Morgan fingerprint density at radius 1 is 0.739 bits per heavy atom. The molecular weight excluding hydrogens is 576 g/mol. The van der Waals surface area contributed by atoms with Crippen LogP contribution in [0.1, 0.15) is 38.3 Å². The lowest BCUT2D eigenvalue weighted by molar-refractivity contribution is 0.00746. The third-order valence-corrected chi connectivity index (χ3v) is 9.07. The Balaban J connectivity index is 0.988. The van der Waals surface area contributed by atoms with E-state index in [1.807, 2.05) is 86.3 Å². The zero-order valence-corrected chi connectivity index (χ0v) is 26.8. The van der Waals surface area contributed by atoms with Crippen LogP contribution in [0.25, 0.3) is 11.1 Å². The van der Waals surface area contributed by atoms with Gasteiger partial charge in [0.05, 0.1) is 0 Å². The number of likely N-dealkylation sites (tertiary alicyclic amines) is 2. The fourth-order valence-electron chi connectivity index (χ4n) is 6.71. The molecule has 4 heterocycles. The van der Waals surface area contributed by atoms with Crippen molar-refractivity contribution in [2.75, 3.05) is 31.1 Å². The number of aromatic nitrogens is 1. The SMILES string of the molecule is CC(C)(C)OC(=O)N1C[C@H]2C[C@@H]1CN2C1CN(c2ccc(-c3ccc(OCc4ccccc4)nc3OCc3ccccc3)cc2)C1. The van der Waals surface area contributed by atoms with Gasteiger partial charge in [-0.2, -0.15) is 4.98 Å². The number of pyridine rings is 1. The molecule has 0 saturated carbocycles. The molecule has 0 spiro atoms. The summed E-state index contributed by atoms with van der Waals surface area (Å²) >= 11 is 0. The molecule has 0 radical (unpaired) electrons. The zero-order chi connectivity index (χ0) is 31.7. The van der Waals surface area contributed by atoms with Crippen molar-refractivity contribution >= 4 is 11.8 Å². The fraction of sp³-hybridized carbons (Fsp3) is 0.368. The molecule has 238 valence electrons. The molecule has 0 N–H and O–H groups in total. The van der Waals surface area contributed by atoms with Crippen LogP contribution in [-0.4, -0.2) is 70.8 Å². The Kier molecular flexibility index (Phi) is 8.30. The summed E-state index contributed by atoms with van der Waals surface area (Å²) in [6.45, 7) is 10.3. The van der Waals surface area contributed by atoms with E-state index in [2.05, 4.69) is 46.2 Å². The van der Waals surface area contributed by atoms with Crippen molar-refractivity contribution in [1.29, 1.82) is 0 Å². The summed E-state index contributed by atoms with van der Waals surface area (Å²) in [6.07, 6.45) is 0.872. The van der Waals surface area contributed by atoms with Crippen molar-refractivity contribution in [1.82, 2.24) is 14.8 Å². The number of piperazine rings is 1. The van der Waals surface area contributed by atoms with Gasteiger partial charge in [0.15, 0.2) is 0 Å². The van der Waals surface area contributed by atoms with Crippen LogP contribution in [0.15, 0.2) is 97.1 Å². The highest BCUT2D eigenvalue weighted by Crippen LogP contribution is 2.37. The van der Waals surface area contributed by atoms with Crippen molar-refractivity contribution in [3.63, 3.8) is 0 Å². The molecule has 46 heavy (non-hydrogen) atoms. The van der Waals surface area contributed by atoms with Crippen molar-refractivity contribution < 1.29 is 19.0 Å². The van der Waals surface area contributed by atoms with Crippen LogP contribution in [0.4, 0.5) is 10.5 Å². The second kappa shape index (κ2) is 12.7. The van der Waals surface area contributed by atoms with E-state index in [1.54, 1.807) is 0 Å². The Morgan fingerprint density at radius 3 is 2.00 bits per heavy atom. The van der Waals surface area contributed by atoms with Gasteiger partial charge in [-0.3, -0.25) is 4.90 Å². The molecule has 3 aliphatic heterocycles. The maximum atomic E-state index is 12.7. The number of fused-ring (bicyclic) bond motifs is 2. The van der Waals surface area contributed by atoms with E-state index in [0.29, 0.717) is 37.1 Å². The maximum Gasteiger partial charge on any atom is 0.410 e. The molecule has 1 aromatic heterocycles. The van der Waals surface area contributed by atoms with Gasteiger partial charge < -0.3 is 24.0 Å². The number of amides is 1. The molecule has 4 aromatic rings. The van der Waals surface area contributed by atoms with Crippen molar-refractivity contribution in [2.24, 2.45) is 0 Å². The lowest BCUT2D eigenvalue weighted by atomic mass is 10.0. The molecule has 2 atom stereocenters. The first-order chi connectivity index (χ1) is 22.3. The third-order valence-electron chi connectivity index (χ3n) is 9.07. The number of carbonyl (C=O) groups is 1. The van der Waals surface area contributed by atoms with Crippen molar-refractivity contribution in [3.05, 3.63) is 108 Å². The molecule has 3 fully saturated rings. The molecule has 7 rings (SSSR count).